The van der Waals surface area contributed by atoms with Crippen LogP contribution in [0.1, 0.15) is 41.5 Å². The van der Waals surface area contributed by atoms with Crippen molar-refractivity contribution in [2.24, 2.45) is 0 Å². The summed E-state index contributed by atoms with van der Waals surface area (Å²) in [6, 6.07) is -0.961. The zero-order valence-electron chi connectivity index (χ0n) is 16.8. The first-order chi connectivity index (χ1) is 11.7. The Morgan fingerprint density at radius 2 is 1.81 bits per heavy atom. The zero-order valence-corrected chi connectivity index (χ0v) is 17.8. The van der Waals surface area contributed by atoms with Crippen LogP contribution in [0.2, 0.25) is 18.1 Å². The van der Waals surface area contributed by atoms with Crippen molar-refractivity contribution in [1.82, 2.24) is 25.9 Å². The van der Waals surface area contributed by atoms with E-state index >= 15 is 0 Å². The number of hydrogen-bond acceptors (Lipinski definition) is 7. The summed E-state index contributed by atoms with van der Waals surface area (Å²) in [5.74, 6) is -0.505. The smallest absolute Gasteiger partial charge is 0.408 e. The highest BCUT2D eigenvalue weighted by Crippen LogP contribution is 2.36. The van der Waals surface area contributed by atoms with Crippen LogP contribution in [0.25, 0.3) is 0 Å². The molecular weight excluding hydrogens is 356 g/mol. The first-order valence-electron chi connectivity index (χ1n) is 8.39. The van der Waals surface area contributed by atoms with Crippen LogP contribution in [0.5, 0.6) is 0 Å². The normalized spacial score (nSPS) is 13.8. The topological polar surface area (TPSA) is 131 Å². The number of carbonyl (C=O) groups is 2. The maximum atomic E-state index is 12.5. The van der Waals surface area contributed by atoms with Crippen molar-refractivity contribution >= 4 is 26.3 Å². The van der Waals surface area contributed by atoms with Crippen molar-refractivity contribution < 1.29 is 18.8 Å². The lowest BCUT2D eigenvalue weighted by Gasteiger charge is -2.37. The third kappa shape index (κ3) is 7.08. The number of H-pyrrole nitrogens is 1. The summed E-state index contributed by atoms with van der Waals surface area (Å²) in [6.07, 6.45) is -0.704. The van der Waals surface area contributed by atoms with Crippen molar-refractivity contribution in [3.8, 4) is 0 Å². The monoisotopic (exact) mass is 386 g/mol. The minimum Gasteiger partial charge on any atom is -0.444 e. The Morgan fingerprint density at radius 1 is 1.19 bits per heavy atom. The van der Waals surface area contributed by atoms with Crippen molar-refractivity contribution in [2.45, 2.75) is 71.3 Å². The molecule has 0 aliphatic carbocycles. The van der Waals surface area contributed by atoms with Gasteiger partial charge in [-0.2, -0.15) is 5.21 Å². The molecule has 3 N–H and O–H groups in total. The molecule has 1 atom stereocenters. The number of aromatic nitrogens is 4. The summed E-state index contributed by atoms with van der Waals surface area (Å²) in [5, 5.41) is 17.9. The first-order valence-corrected chi connectivity index (χ1v) is 11.3. The number of nitrogens with zero attached hydrogens (tertiary/aromatic N) is 3. The van der Waals surface area contributed by atoms with Gasteiger partial charge in [0.15, 0.2) is 8.32 Å². The Labute approximate surface area is 154 Å². The van der Waals surface area contributed by atoms with E-state index in [2.05, 4.69) is 65.1 Å². The number of hydrogen-bond donors (Lipinski definition) is 3. The molecule has 0 saturated carbocycles. The Morgan fingerprint density at radius 3 is 2.27 bits per heavy atom. The van der Waals surface area contributed by atoms with Crippen molar-refractivity contribution in [3.05, 3.63) is 0 Å². The largest absolute Gasteiger partial charge is 0.444 e. The highest BCUT2D eigenvalue weighted by Gasteiger charge is 2.38. The van der Waals surface area contributed by atoms with E-state index in [1.807, 2.05) is 0 Å². The lowest BCUT2D eigenvalue weighted by Crippen LogP contribution is -2.51. The van der Waals surface area contributed by atoms with Crippen LogP contribution in [0.3, 0.4) is 0 Å². The number of tetrazole rings is 1. The van der Waals surface area contributed by atoms with Gasteiger partial charge in [-0.1, -0.05) is 25.9 Å². The van der Waals surface area contributed by atoms with Crippen LogP contribution in [0.15, 0.2) is 0 Å². The summed E-state index contributed by atoms with van der Waals surface area (Å²) in [6.45, 7) is 15.6. The summed E-state index contributed by atoms with van der Waals surface area (Å²) in [5.41, 5.74) is -0.681. The van der Waals surface area contributed by atoms with Gasteiger partial charge in [0, 0.05) is 0 Å². The van der Waals surface area contributed by atoms with Crippen molar-refractivity contribution in [3.63, 3.8) is 0 Å². The molecule has 0 unspecified atom stereocenters. The SMILES string of the molecule is CC(C)(C)OC(=O)N[C@@H](CO[Si](C)(C)C(C)(C)C)C(=O)Nc1nn[nH]n1. The zero-order chi connectivity index (χ0) is 20.2. The van der Waals surface area contributed by atoms with E-state index in [-0.39, 0.29) is 17.6 Å². The van der Waals surface area contributed by atoms with E-state index in [9.17, 15) is 9.59 Å². The van der Waals surface area contributed by atoms with Crippen LogP contribution in [0.4, 0.5) is 10.7 Å². The fraction of sp³-hybridized carbons (Fsp3) is 0.800. The molecule has 0 aliphatic rings. The molecule has 0 aliphatic heterocycles. The molecule has 0 saturated heterocycles. The maximum absolute atomic E-state index is 12.5. The lowest BCUT2D eigenvalue weighted by molar-refractivity contribution is -0.119. The molecule has 1 aromatic rings. The predicted octanol–water partition coefficient (Wildman–Crippen LogP) is 2.05. The van der Waals surface area contributed by atoms with Gasteiger partial charge in [0.05, 0.1) is 6.61 Å². The van der Waals surface area contributed by atoms with Gasteiger partial charge in [-0.3, -0.25) is 10.1 Å². The molecule has 1 rings (SSSR count). The van der Waals surface area contributed by atoms with Gasteiger partial charge < -0.3 is 14.5 Å². The molecule has 148 valence electrons. The number of carbonyl (C=O) groups excluding carboxylic acids is 2. The Kier molecular flexibility index (Phi) is 6.88. The Hall–Kier alpha value is -2.01. The molecule has 1 aromatic heterocycles. The van der Waals surface area contributed by atoms with E-state index in [0.717, 1.165) is 0 Å². The van der Waals surface area contributed by atoms with Crippen LogP contribution < -0.4 is 10.6 Å². The summed E-state index contributed by atoms with van der Waals surface area (Å²) in [4.78, 5) is 24.6. The Balaban J connectivity index is 2.83. The molecule has 0 spiro atoms. The molecule has 0 bridgehead atoms. The second-order valence-electron chi connectivity index (χ2n) is 8.49. The van der Waals surface area contributed by atoms with Crippen molar-refractivity contribution in [1.29, 1.82) is 0 Å². The summed E-state index contributed by atoms with van der Waals surface area (Å²) in [7, 11) is -2.11. The van der Waals surface area contributed by atoms with Crippen LogP contribution >= 0.6 is 0 Å². The van der Waals surface area contributed by atoms with E-state index < -0.39 is 32.0 Å². The third-order valence-corrected chi connectivity index (χ3v) is 8.51. The van der Waals surface area contributed by atoms with Crippen LogP contribution in [-0.2, 0) is 14.0 Å². The molecule has 10 nitrogen and oxygen atoms in total. The highest BCUT2D eigenvalue weighted by atomic mass is 28.4. The van der Waals surface area contributed by atoms with E-state index in [1.165, 1.54) is 0 Å². The minimum atomic E-state index is -2.11. The first kappa shape index (κ1) is 22.0. The number of nitrogens with one attached hydrogen (secondary N) is 3. The average molecular weight is 387 g/mol. The minimum absolute atomic E-state index is 0.0123. The number of alkyl carbamates (subject to hydrolysis) is 1. The fourth-order valence-electron chi connectivity index (χ4n) is 1.55. The van der Waals surface area contributed by atoms with Gasteiger partial charge in [0.1, 0.15) is 11.6 Å². The molecule has 0 radical (unpaired) electrons. The molecule has 0 aromatic carbocycles. The third-order valence-electron chi connectivity index (χ3n) is 4.00. The second kappa shape index (κ2) is 8.12. The fourth-order valence-corrected chi connectivity index (χ4v) is 2.57. The predicted molar refractivity (Wildman–Crippen MR) is 99.1 cm³/mol. The maximum Gasteiger partial charge on any atom is 0.408 e. The second-order valence-corrected chi connectivity index (χ2v) is 13.3. The molecule has 0 fully saturated rings. The molecule has 2 amide bonds. The quantitative estimate of drug-likeness (QED) is 0.638. The standard InChI is InChI=1S/C15H30N6O4Si/c1-14(2,3)25-13(23)16-10(9-24-26(7,8)15(4,5)6)11(22)17-12-18-20-21-19-12/h10H,9H2,1-8H3,(H,16,23)(H2,17,18,19,20,21,22)/t10-/m0/s1. The number of aromatic amines is 1. The number of anilines is 1. The van der Waals surface area contributed by atoms with Gasteiger partial charge in [0.2, 0.25) is 0 Å². The molecule has 1 heterocycles. The number of amides is 2. The lowest BCUT2D eigenvalue weighted by atomic mass is 10.2. The highest BCUT2D eigenvalue weighted by molar-refractivity contribution is 6.74. The van der Waals surface area contributed by atoms with E-state index in [4.69, 9.17) is 9.16 Å². The Bertz CT molecular complexity index is 607. The summed E-state index contributed by atoms with van der Waals surface area (Å²) >= 11 is 0. The summed E-state index contributed by atoms with van der Waals surface area (Å²) < 4.78 is 11.3. The number of rotatable bonds is 6. The molecule has 11 heteroatoms. The van der Waals surface area contributed by atoms with E-state index in [1.54, 1.807) is 20.8 Å². The van der Waals surface area contributed by atoms with Gasteiger partial charge >= 0.3 is 6.09 Å². The van der Waals surface area contributed by atoms with Gasteiger partial charge in [-0.25, -0.2) is 4.79 Å². The van der Waals surface area contributed by atoms with E-state index in [0.29, 0.717) is 0 Å². The van der Waals surface area contributed by atoms with Crippen LogP contribution in [-0.4, -0.2) is 59.2 Å². The van der Waals surface area contributed by atoms with Gasteiger partial charge in [0.25, 0.3) is 11.9 Å². The van der Waals surface area contributed by atoms with Gasteiger partial charge in [-0.15, -0.1) is 5.10 Å². The number of ether oxygens (including phenoxy) is 1. The van der Waals surface area contributed by atoms with Crippen LogP contribution in [0, 0.1) is 0 Å². The molecule has 26 heavy (non-hydrogen) atoms. The van der Waals surface area contributed by atoms with Gasteiger partial charge in [-0.05, 0) is 44.1 Å². The van der Waals surface area contributed by atoms with Crippen molar-refractivity contribution in [2.75, 3.05) is 11.9 Å². The average Bonchev–Trinajstić information content (AvgIpc) is 2.92. The molecular formula is C15H30N6O4Si.